The Labute approximate surface area is 135 Å². The van der Waals surface area contributed by atoms with Crippen LogP contribution < -0.4 is 0 Å². The Hall–Kier alpha value is -0.350. The van der Waals surface area contributed by atoms with E-state index in [0.29, 0.717) is 12.2 Å². The molecule has 0 aromatic carbocycles. The molecule has 0 aliphatic rings. The van der Waals surface area contributed by atoms with Crippen molar-refractivity contribution in [2.24, 2.45) is 0 Å². The maximum absolute atomic E-state index is 11.6. The third-order valence-electron chi connectivity index (χ3n) is 3.10. The number of hydrogen-bond donors (Lipinski definition) is 0. The molecule has 0 radical (unpaired) electrons. The van der Waals surface area contributed by atoms with E-state index in [1.807, 2.05) is 14.1 Å². The van der Waals surface area contributed by atoms with Crippen LogP contribution >= 0.6 is 17.0 Å². The van der Waals surface area contributed by atoms with Crippen molar-refractivity contribution in [1.82, 2.24) is 4.90 Å². The summed E-state index contributed by atoms with van der Waals surface area (Å²) in [6, 6.07) is 0. The molecule has 0 aliphatic heterocycles. The third-order valence-corrected chi connectivity index (χ3v) is 3.10. The summed E-state index contributed by atoms with van der Waals surface area (Å²) in [7, 11) is 4.05. The second kappa shape index (κ2) is 15.0. The van der Waals surface area contributed by atoms with E-state index < -0.39 is 0 Å². The molecule has 0 unspecified atom stereocenters. The summed E-state index contributed by atoms with van der Waals surface area (Å²) in [5, 5.41) is 0. The van der Waals surface area contributed by atoms with Gasteiger partial charge in [0.2, 0.25) is 0 Å². The fourth-order valence-corrected chi connectivity index (χ4v) is 1.86. The van der Waals surface area contributed by atoms with Crippen LogP contribution in [-0.4, -0.2) is 38.1 Å². The van der Waals surface area contributed by atoms with Crippen molar-refractivity contribution in [3.05, 3.63) is 12.2 Å². The molecule has 0 amide bonds. The van der Waals surface area contributed by atoms with Gasteiger partial charge in [0.25, 0.3) is 0 Å². The molecule has 20 heavy (non-hydrogen) atoms. The van der Waals surface area contributed by atoms with E-state index in [0.717, 1.165) is 32.2 Å². The van der Waals surface area contributed by atoms with Crippen LogP contribution in [0, 0.1) is 0 Å². The number of unbranched alkanes of at least 4 members (excludes halogenated alkanes) is 5. The lowest BCUT2D eigenvalue weighted by molar-refractivity contribution is -0.139. The Balaban J connectivity index is 0. The number of halogens is 1. The van der Waals surface area contributed by atoms with E-state index >= 15 is 0 Å². The predicted octanol–water partition coefficient (Wildman–Crippen LogP) is 4.37. The Morgan fingerprint density at radius 3 is 2.25 bits per heavy atom. The summed E-state index contributed by atoms with van der Waals surface area (Å²) < 4.78 is 5.22. The van der Waals surface area contributed by atoms with Crippen molar-refractivity contribution < 1.29 is 9.53 Å². The molecule has 0 N–H and O–H groups in total. The van der Waals surface area contributed by atoms with Gasteiger partial charge in [-0.05, 0) is 39.9 Å². The first-order chi connectivity index (χ1) is 9.07. The summed E-state index contributed by atoms with van der Waals surface area (Å²) in [4.78, 5) is 13.7. The highest BCUT2D eigenvalue weighted by Crippen LogP contribution is 2.08. The second-order valence-electron chi connectivity index (χ2n) is 5.41. The highest BCUT2D eigenvalue weighted by atomic mass is 79.9. The zero-order chi connectivity index (χ0) is 14.5. The Bertz CT molecular complexity index is 255. The first-order valence-electron chi connectivity index (χ1n) is 7.57. The molecule has 3 nitrogen and oxygen atoms in total. The number of nitrogens with zero attached hydrogens (tertiary/aromatic N) is 1. The van der Waals surface area contributed by atoms with Gasteiger partial charge in [-0.2, -0.15) is 0 Å². The van der Waals surface area contributed by atoms with Gasteiger partial charge in [-0.25, -0.2) is 4.79 Å². The molecule has 0 bridgehead atoms. The molecule has 120 valence electrons. The first kappa shape index (κ1) is 21.9. The van der Waals surface area contributed by atoms with E-state index in [1.54, 1.807) is 0 Å². The highest BCUT2D eigenvalue weighted by molar-refractivity contribution is 8.93. The van der Waals surface area contributed by atoms with E-state index in [2.05, 4.69) is 18.4 Å². The van der Waals surface area contributed by atoms with E-state index in [-0.39, 0.29) is 23.0 Å². The molecule has 0 aromatic rings. The van der Waals surface area contributed by atoms with E-state index in [9.17, 15) is 4.79 Å². The zero-order valence-electron chi connectivity index (χ0n) is 13.5. The smallest absolute Gasteiger partial charge is 0.333 e. The van der Waals surface area contributed by atoms with Crippen LogP contribution in [0.5, 0.6) is 0 Å². The molecular weight excluding hydrogens is 318 g/mol. The van der Waals surface area contributed by atoms with Crippen molar-refractivity contribution in [3.63, 3.8) is 0 Å². The quantitative estimate of drug-likeness (QED) is 0.297. The third kappa shape index (κ3) is 14.1. The van der Waals surface area contributed by atoms with Gasteiger partial charge in [0.05, 0.1) is 6.61 Å². The lowest BCUT2D eigenvalue weighted by atomic mass is 10.1. The monoisotopic (exact) mass is 349 g/mol. The minimum absolute atomic E-state index is 0. The Morgan fingerprint density at radius 2 is 1.65 bits per heavy atom. The fraction of sp³-hybridized carbons (Fsp3) is 0.812. The summed E-state index contributed by atoms with van der Waals surface area (Å²) >= 11 is 0. The van der Waals surface area contributed by atoms with Crippen molar-refractivity contribution in [3.8, 4) is 0 Å². The largest absolute Gasteiger partial charge is 0.462 e. The lowest BCUT2D eigenvalue weighted by Crippen LogP contribution is -2.14. The van der Waals surface area contributed by atoms with Crippen LogP contribution in [0.3, 0.4) is 0 Å². The van der Waals surface area contributed by atoms with Crippen molar-refractivity contribution >= 4 is 23.0 Å². The van der Waals surface area contributed by atoms with Crippen molar-refractivity contribution in [1.29, 1.82) is 0 Å². The fourth-order valence-electron chi connectivity index (χ4n) is 1.86. The van der Waals surface area contributed by atoms with Gasteiger partial charge >= 0.3 is 5.97 Å². The van der Waals surface area contributed by atoms with Gasteiger partial charge in [0, 0.05) is 5.57 Å². The van der Waals surface area contributed by atoms with Gasteiger partial charge in [0.1, 0.15) is 0 Å². The van der Waals surface area contributed by atoms with Crippen LogP contribution in [-0.2, 0) is 9.53 Å². The number of esters is 1. The molecule has 0 atom stereocenters. The normalized spacial score (nSPS) is 10.2. The van der Waals surface area contributed by atoms with Crippen LogP contribution in [0.1, 0.15) is 58.3 Å². The summed E-state index contributed by atoms with van der Waals surface area (Å²) in [6.45, 7) is 7.53. The number of ether oxygens (including phenoxy) is 1. The molecule has 4 heteroatoms. The Kier molecular flexibility index (Phi) is 16.5. The number of rotatable bonds is 12. The Morgan fingerprint density at radius 1 is 1.05 bits per heavy atom. The average Bonchev–Trinajstić information content (AvgIpc) is 2.36. The molecule has 0 saturated heterocycles. The summed E-state index contributed by atoms with van der Waals surface area (Å²) in [6.07, 6.45) is 8.92. The molecule has 0 aliphatic carbocycles. The maximum atomic E-state index is 11.6. The molecule has 0 saturated carbocycles. The minimum Gasteiger partial charge on any atom is -0.462 e. The van der Waals surface area contributed by atoms with Gasteiger partial charge in [-0.3, -0.25) is 0 Å². The van der Waals surface area contributed by atoms with Crippen LogP contribution in [0.2, 0.25) is 0 Å². The summed E-state index contributed by atoms with van der Waals surface area (Å²) in [5.74, 6) is -0.215. The van der Waals surface area contributed by atoms with E-state index in [4.69, 9.17) is 4.74 Å². The average molecular weight is 350 g/mol. The number of carbonyl (C=O) groups is 1. The molecular formula is C16H32BrNO2. The molecule has 0 rings (SSSR count). The number of carbonyl (C=O) groups excluding carboxylic acids is 1. The highest BCUT2D eigenvalue weighted by Gasteiger charge is 2.07. The van der Waals surface area contributed by atoms with Gasteiger partial charge in [-0.15, -0.1) is 17.0 Å². The summed E-state index contributed by atoms with van der Waals surface area (Å²) in [5.41, 5.74) is 0.604. The molecule has 0 spiro atoms. The van der Waals surface area contributed by atoms with Crippen molar-refractivity contribution in [2.45, 2.75) is 58.3 Å². The van der Waals surface area contributed by atoms with Crippen LogP contribution in [0.15, 0.2) is 12.2 Å². The first-order valence-corrected chi connectivity index (χ1v) is 7.57. The zero-order valence-corrected chi connectivity index (χ0v) is 15.2. The predicted molar refractivity (Wildman–Crippen MR) is 91.6 cm³/mol. The molecule has 0 fully saturated rings. The van der Waals surface area contributed by atoms with E-state index in [1.165, 1.54) is 25.7 Å². The molecule has 0 heterocycles. The van der Waals surface area contributed by atoms with Gasteiger partial charge in [0.15, 0.2) is 0 Å². The van der Waals surface area contributed by atoms with Crippen LogP contribution in [0.4, 0.5) is 0 Å². The van der Waals surface area contributed by atoms with Gasteiger partial charge < -0.3 is 9.64 Å². The maximum Gasteiger partial charge on any atom is 0.333 e. The second-order valence-corrected chi connectivity index (χ2v) is 5.41. The topological polar surface area (TPSA) is 29.5 Å². The lowest BCUT2D eigenvalue weighted by Gasteiger charge is -2.10. The number of hydrogen-bond acceptors (Lipinski definition) is 3. The van der Waals surface area contributed by atoms with Gasteiger partial charge in [-0.1, -0.05) is 45.6 Å². The van der Waals surface area contributed by atoms with Crippen LogP contribution in [0.25, 0.3) is 0 Å². The van der Waals surface area contributed by atoms with Crippen molar-refractivity contribution in [2.75, 3.05) is 27.2 Å². The molecule has 0 aromatic heterocycles. The minimum atomic E-state index is -0.215. The SMILES string of the molecule is Br.C=C(CCCN(C)C)C(=O)OCCCCCCCC. The standard InChI is InChI=1S/C16H31NO2.BrH/c1-5-6-7-8-9-10-14-19-16(18)15(2)12-11-13-17(3)4;/h2,5-14H2,1,3-4H3;1H.